The van der Waals surface area contributed by atoms with Crippen LogP contribution in [0.25, 0.3) is 16.8 Å². The molecule has 0 radical (unpaired) electrons. The van der Waals surface area contributed by atoms with Gasteiger partial charge in [0.25, 0.3) is 0 Å². The van der Waals surface area contributed by atoms with E-state index in [9.17, 15) is 13.2 Å². The number of amides is 1. The topological polar surface area (TPSA) is 109 Å². The molecule has 0 unspecified atom stereocenters. The lowest BCUT2D eigenvalue weighted by Crippen LogP contribution is -2.20. The largest absolute Gasteiger partial charge is 0.323 e. The number of rotatable bonds is 6. The van der Waals surface area contributed by atoms with Gasteiger partial charge in [-0.25, -0.2) is 22.6 Å². The Morgan fingerprint density at radius 1 is 1.09 bits per heavy atom. The molecular formula is C22H20N6O3S. The fourth-order valence-electron chi connectivity index (χ4n) is 3.85. The zero-order chi connectivity index (χ0) is 22.2. The van der Waals surface area contributed by atoms with Crippen LogP contribution in [0, 0.1) is 0 Å². The molecule has 0 saturated heterocycles. The number of nitrogens with zero attached hydrogens (tertiary/aromatic N) is 4. The maximum atomic E-state index is 11.9. The van der Waals surface area contributed by atoms with Crippen LogP contribution in [-0.4, -0.2) is 36.0 Å². The summed E-state index contributed by atoms with van der Waals surface area (Å²) in [5.74, 6) is 0.500. The van der Waals surface area contributed by atoms with E-state index in [0.717, 1.165) is 39.3 Å². The van der Waals surface area contributed by atoms with E-state index >= 15 is 0 Å². The first-order chi connectivity index (χ1) is 15.5. The normalized spacial score (nSPS) is 13.2. The summed E-state index contributed by atoms with van der Waals surface area (Å²) in [6.45, 7) is 0.230. The monoisotopic (exact) mass is 448 g/mol. The highest BCUT2D eigenvalue weighted by molar-refractivity contribution is 7.70. The first-order valence-corrected chi connectivity index (χ1v) is 11.1. The number of thiol groups is 1. The minimum absolute atomic E-state index is 0.0753. The number of likely N-dealkylation sites (N-methyl/N-ethyl adjacent to an activating group) is 1. The van der Waals surface area contributed by atoms with Gasteiger partial charge < -0.3 is 10.2 Å². The molecule has 0 bridgehead atoms. The molecule has 2 aromatic heterocycles. The molecule has 3 heterocycles. The van der Waals surface area contributed by atoms with E-state index in [1.807, 2.05) is 54.6 Å². The molecule has 5 rings (SSSR count). The Morgan fingerprint density at radius 3 is 2.81 bits per heavy atom. The van der Waals surface area contributed by atoms with E-state index < -0.39 is 10.9 Å². The summed E-state index contributed by atoms with van der Waals surface area (Å²) in [6.07, 6.45) is 2.12. The van der Waals surface area contributed by atoms with Crippen LogP contribution in [-0.2, 0) is 28.7 Å². The third kappa shape index (κ3) is 3.81. The van der Waals surface area contributed by atoms with Gasteiger partial charge in [-0.3, -0.25) is 4.79 Å². The molecular weight excluding hydrogens is 428 g/mol. The van der Waals surface area contributed by atoms with Crippen molar-refractivity contribution >= 4 is 39.6 Å². The zero-order valence-electron chi connectivity index (χ0n) is 17.1. The van der Waals surface area contributed by atoms with Crippen molar-refractivity contribution in [1.82, 2.24) is 19.3 Å². The number of carbonyl (C=O) groups is 1. The molecule has 0 atom stereocenters. The molecule has 0 saturated carbocycles. The lowest BCUT2D eigenvalue weighted by atomic mass is 10.1. The smallest absolute Gasteiger partial charge is 0.245 e. The molecule has 32 heavy (non-hydrogen) atoms. The summed E-state index contributed by atoms with van der Waals surface area (Å²) < 4.78 is 25.9. The van der Waals surface area contributed by atoms with Crippen LogP contribution in [0.3, 0.4) is 0 Å². The summed E-state index contributed by atoms with van der Waals surface area (Å²) in [5.41, 5.74) is 6.14. The first kappa shape index (κ1) is 20.2. The van der Waals surface area contributed by atoms with E-state index in [2.05, 4.69) is 20.1 Å². The molecule has 1 aliphatic rings. The number of carbonyl (C=O) groups excluding carboxylic acids is 1. The Labute approximate surface area is 185 Å². The van der Waals surface area contributed by atoms with Gasteiger partial charge in [0.15, 0.2) is 0 Å². The summed E-state index contributed by atoms with van der Waals surface area (Å²) >= 11 is 0. The number of hydrogen-bond donors (Lipinski definition) is 3. The van der Waals surface area contributed by atoms with E-state index in [4.69, 9.17) is 0 Å². The van der Waals surface area contributed by atoms with E-state index in [1.54, 1.807) is 22.7 Å². The lowest BCUT2D eigenvalue weighted by molar-refractivity contribution is -0.117. The second-order valence-electron chi connectivity index (χ2n) is 7.53. The van der Waals surface area contributed by atoms with Crippen molar-refractivity contribution < 1.29 is 13.2 Å². The molecule has 1 amide bonds. The van der Waals surface area contributed by atoms with Gasteiger partial charge in [-0.15, -0.1) is 5.10 Å². The van der Waals surface area contributed by atoms with Crippen LogP contribution < -0.4 is 14.9 Å². The van der Waals surface area contributed by atoms with E-state index in [1.165, 1.54) is 0 Å². The van der Waals surface area contributed by atoms with E-state index in [0.29, 0.717) is 12.4 Å². The van der Waals surface area contributed by atoms with Crippen LogP contribution in [0.5, 0.6) is 0 Å². The predicted octanol–water partition coefficient (Wildman–Crippen LogP) is 2.27. The minimum Gasteiger partial charge on any atom is -0.323 e. The van der Waals surface area contributed by atoms with Crippen molar-refractivity contribution in [1.29, 1.82) is 0 Å². The van der Waals surface area contributed by atoms with Crippen LogP contribution in [0.1, 0.15) is 11.1 Å². The molecule has 4 aromatic rings. The van der Waals surface area contributed by atoms with Gasteiger partial charge in [0.1, 0.15) is 0 Å². The van der Waals surface area contributed by atoms with Crippen molar-refractivity contribution in [2.24, 2.45) is 0 Å². The Balaban J connectivity index is 1.44. The second kappa shape index (κ2) is 8.06. The van der Waals surface area contributed by atoms with Crippen molar-refractivity contribution in [3.05, 3.63) is 71.9 Å². The average molecular weight is 449 g/mol. The lowest BCUT2D eigenvalue weighted by Gasteiger charge is -2.11. The zero-order valence-corrected chi connectivity index (χ0v) is 18.0. The highest BCUT2D eigenvalue weighted by Crippen LogP contribution is 2.31. The number of hydrogen-bond acceptors (Lipinski definition) is 6. The standard InChI is InChI=1S/C22H20N6O3S/c1-27-19-7-5-17(10-16(19)11-21(27)29)25-22-23-13-18-6-8-20(28(18)26-22)15-4-2-3-14(9-15)12-24-32(30)31/h2-10,13,32H,11-12H2,1H3,(H,25,26)(H,24,30,31). The van der Waals surface area contributed by atoms with Crippen LogP contribution in [0.2, 0.25) is 0 Å². The summed E-state index contributed by atoms with van der Waals surface area (Å²) in [4.78, 5) is 18.0. The van der Waals surface area contributed by atoms with Gasteiger partial charge in [0, 0.05) is 30.5 Å². The maximum Gasteiger partial charge on any atom is 0.245 e. The third-order valence-corrected chi connectivity index (χ3v) is 5.86. The third-order valence-electron chi connectivity index (χ3n) is 5.45. The van der Waals surface area contributed by atoms with Crippen LogP contribution in [0.15, 0.2) is 60.8 Å². The quantitative estimate of drug-likeness (QED) is 0.391. The van der Waals surface area contributed by atoms with Gasteiger partial charge >= 0.3 is 0 Å². The summed E-state index contributed by atoms with van der Waals surface area (Å²) in [5, 5.41) is 7.86. The Hall–Kier alpha value is -3.76. The first-order valence-electron chi connectivity index (χ1n) is 9.96. The highest BCUT2D eigenvalue weighted by atomic mass is 32.2. The number of benzene rings is 2. The Bertz CT molecular complexity index is 1420. The second-order valence-corrected chi connectivity index (χ2v) is 8.36. The molecule has 10 heteroatoms. The molecule has 9 nitrogen and oxygen atoms in total. The number of aromatic nitrogens is 3. The number of anilines is 3. The highest BCUT2D eigenvalue weighted by Gasteiger charge is 2.24. The fraction of sp³-hybridized carbons (Fsp3) is 0.136. The van der Waals surface area contributed by atoms with Crippen molar-refractivity contribution in [3.63, 3.8) is 0 Å². The van der Waals surface area contributed by atoms with Gasteiger partial charge in [-0.1, -0.05) is 18.2 Å². The van der Waals surface area contributed by atoms with Crippen molar-refractivity contribution in [2.75, 3.05) is 17.3 Å². The minimum atomic E-state index is -2.65. The van der Waals surface area contributed by atoms with E-state index in [-0.39, 0.29) is 12.5 Å². The number of nitrogens with one attached hydrogen (secondary N) is 2. The fourth-order valence-corrected chi connectivity index (χ4v) is 4.16. The predicted molar refractivity (Wildman–Crippen MR) is 122 cm³/mol. The molecule has 0 spiro atoms. The molecule has 2 N–H and O–H groups in total. The van der Waals surface area contributed by atoms with Crippen molar-refractivity contribution in [3.8, 4) is 11.3 Å². The van der Waals surface area contributed by atoms with Gasteiger partial charge in [0.05, 0.1) is 23.8 Å². The average Bonchev–Trinajstić information content (AvgIpc) is 3.32. The van der Waals surface area contributed by atoms with Gasteiger partial charge in [-0.05, 0) is 47.5 Å². The molecule has 1 aliphatic heterocycles. The summed E-state index contributed by atoms with van der Waals surface area (Å²) in [7, 11) is -0.873. The Kier molecular flexibility index (Phi) is 5.08. The van der Waals surface area contributed by atoms with Crippen LogP contribution >= 0.6 is 0 Å². The molecule has 0 aliphatic carbocycles. The Morgan fingerprint density at radius 2 is 1.97 bits per heavy atom. The van der Waals surface area contributed by atoms with Gasteiger partial charge in [-0.2, -0.15) is 0 Å². The molecule has 0 fully saturated rings. The molecule has 2 aromatic carbocycles. The SMILES string of the molecule is CN1C(=O)Cc2cc(Nc3ncc4ccc(-c5cccc(CN[SH](=O)=O)c5)n4n3)ccc21. The maximum absolute atomic E-state index is 11.9. The van der Waals surface area contributed by atoms with Crippen molar-refractivity contribution in [2.45, 2.75) is 13.0 Å². The van der Waals surface area contributed by atoms with Gasteiger partial charge in [0.2, 0.25) is 22.7 Å². The number of fused-ring (bicyclic) bond motifs is 2. The summed E-state index contributed by atoms with van der Waals surface area (Å²) in [6, 6.07) is 17.3. The van der Waals surface area contributed by atoms with Crippen LogP contribution in [0.4, 0.5) is 17.3 Å². The molecule has 162 valence electrons.